The average Bonchev–Trinajstić information content (AvgIpc) is 3.29. The van der Waals surface area contributed by atoms with Crippen LogP contribution in [0.15, 0.2) is 9.95 Å². The summed E-state index contributed by atoms with van der Waals surface area (Å²) in [7, 11) is 0. The van der Waals surface area contributed by atoms with E-state index in [1.165, 1.54) is 11.8 Å². The molecule has 0 saturated heterocycles. The predicted octanol–water partition coefficient (Wildman–Crippen LogP) is 3.25. The maximum Gasteiger partial charge on any atom is 0.260 e. The van der Waals surface area contributed by atoms with E-state index >= 15 is 0 Å². The Bertz CT molecular complexity index is 808. The van der Waals surface area contributed by atoms with Gasteiger partial charge in [-0.3, -0.25) is 9.59 Å². The number of amides is 1. The van der Waals surface area contributed by atoms with Gasteiger partial charge in [-0.2, -0.15) is 0 Å². The first-order chi connectivity index (χ1) is 11.5. The van der Waals surface area contributed by atoms with Crippen LogP contribution in [-0.4, -0.2) is 27.7 Å². The molecule has 1 aliphatic carbocycles. The topological polar surface area (TPSA) is 74.8 Å². The van der Waals surface area contributed by atoms with Crippen LogP contribution in [-0.2, 0) is 11.2 Å². The average molecular weight is 366 g/mol. The van der Waals surface area contributed by atoms with Crippen molar-refractivity contribution in [3.63, 3.8) is 0 Å². The monoisotopic (exact) mass is 365 g/mol. The summed E-state index contributed by atoms with van der Waals surface area (Å²) in [5.74, 6) is 0.834. The molecule has 7 heteroatoms. The van der Waals surface area contributed by atoms with Gasteiger partial charge < -0.3 is 10.3 Å². The van der Waals surface area contributed by atoms with E-state index in [1.807, 2.05) is 0 Å². The van der Waals surface area contributed by atoms with Gasteiger partial charge in [0, 0.05) is 10.9 Å². The minimum absolute atomic E-state index is 0.00469. The number of nitrogens with zero attached hydrogens (tertiary/aromatic N) is 1. The largest absolute Gasteiger partial charge is 0.353 e. The summed E-state index contributed by atoms with van der Waals surface area (Å²) in [6.45, 7) is 6.42. The first-order valence-electron chi connectivity index (χ1n) is 8.42. The Morgan fingerprint density at radius 3 is 2.92 bits per heavy atom. The van der Waals surface area contributed by atoms with Crippen LogP contribution < -0.4 is 10.9 Å². The highest BCUT2D eigenvalue weighted by atomic mass is 32.2. The third-order valence-electron chi connectivity index (χ3n) is 4.37. The molecule has 1 saturated carbocycles. The van der Waals surface area contributed by atoms with Gasteiger partial charge in [-0.15, -0.1) is 11.3 Å². The van der Waals surface area contributed by atoms with Crippen molar-refractivity contribution in [1.29, 1.82) is 0 Å². The number of H-pyrrole nitrogens is 1. The van der Waals surface area contributed by atoms with Crippen molar-refractivity contribution < 1.29 is 4.79 Å². The van der Waals surface area contributed by atoms with Crippen LogP contribution in [0.25, 0.3) is 10.2 Å². The van der Waals surface area contributed by atoms with Gasteiger partial charge >= 0.3 is 0 Å². The van der Waals surface area contributed by atoms with E-state index in [2.05, 4.69) is 36.1 Å². The fourth-order valence-electron chi connectivity index (χ4n) is 2.59. The van der Waals surface area contributed by atoms with Crippen LogP contribution in [0.5, 0.6) is 0 Å². The molecular weight excluding hydrogens is 342 g/mol. The molecule has 2 aromatic rings. The van der Waals surface area contributed by atoms with Gasteiger partial charge in [0.05, 0.1) is 11.1 Å². The van der Waals surface area contributed by atoms with E-state index in [-0.39, 0.29) is 17.2 Å². The van der Waals surface area contributed by atoms with E-state index < -0.39 is 0 Å². The number of aromatic amines is 1. The second-order valence-electron chi connectivity index (χ2n) is 6.54. The highest BCUT2D eigenvalue weighted by Gasteiger charge is 2.23. The molecule has 0 aromatic carbocycles. The Balaban J connectivity index is 1.79. The molecule has 1 aliphatic rings. The zero-order chi connectivity index (χ0) is 17.3. The predicted molar refractivity (Wildman–Crippen MR) is 100 cm³/mol. The number of hydrogen-bond acceptors (Lipinski definition) is 5. The number of carbonyl (C=O) groups excluding carboxylic acids is 1. The zero-order valence-electron chi connectivity index (χ0n) is 14.3. The van der Waals surface area contributed by atoms with E-state index in [0.29, 0.717) is 17.1 Å². The maximum absolute atomic E-state index is 12.5. The molecule has 1 fully saturated rings. The SMILES string of the molecule is CC[C@@H](C)Cc1c(C)sc2nc(SCC(=O)NC3CC3)[nH]c(=O)c12. The third-order valence-corrected chi connectivity index (χ3v) is 6.29. The normalized spacial score (nSPS) is 15.6. The first-order valence-corrected chi connectivity index (χ1v) is 10.2. The van der Waals surface area contributed by atoms with Crippen LogP contribution in [0.4, 0.5) is 0 Å². The molecule has 2 aromatic heterocycles. The summed E-state index contributed by atoms with van der Waals surface area (Å²) in [5.41, 5.74) is 1.04. The lowest BCUT2D eigenvalue weighted by molar-refractivity contribution is -0.118. The number of fused-ring (bicyclic) bond motifs is 1. The second-order valence-corrected chi connectivity index (χ2v) is 8.70. The molecular formula is C17H23N3O2S2. The van der Waals surface area contributed by atoms with Crippen LogP contribution in [0, 0.1) is 12.8 Å². The Hall–Kier alpha value is -1.34. The smallest absolute Gasteiger partial charge is 0.260 e. The molecule has 2 heterocycles. The zero-order valence-corrected chi connectivity index (χ0v) is 15.9. The number of hydrogen-bond donors (Lipinski definition) is 2. The number of aryl methyl sites for hydroxylation is 1. The second kappa shape index (κ2) is 7.27. The number of carbonyl (C=O) groups is 1. The Kier molecular flexibility index (Phi) is 5.30. The molecule has 2 N–H and O–H groups in total. The Morgan fingerprint density at radius 2 is 2.25 bits per heavy atom. The van der Waals surface area contributed by atoms with E-state index in [4.69, 9.17) is 0 Å². The Morgan fingerprint density at radius 1 is 1.50 bits per heavy atom. The summed E-state index contributed by atoms with van der Waals surface area (Å²) in [6, 6.07) is 0.357. The van der Waals surface area contributed by atoms with Gasteiger partial charge in [0.25, 0.3) is 5.56 Å². The molecule has 0 unspecified atom stereocenters. The van der Waals surface area contributed by atoms with Crippen molar-refractivity contribution in [3.05, 3.63) is 20.8 Å². The summed E-state index contributed by atoms with van der Waals surface area (Å²) >= 11 is 2.86. The van der Waals surface area contributed by atoms with Crippen molar-refractivity contribution in [2.75, 3.05) is 5.75 Å². The third kappa shape index (κ3) is 4.00. The molecule has 1 atom stereocenters. The highest BCUT2D eigenvalue weighted by Crippen LogP contribution is 2.30. The Labute approximate surface area is 149 Å². The minimum Gasteiger partial charge on any atom is -0.353 e. The fourth-order valence-corrected chi connectivity index (χ4v) is 4.38. The van der Waals surface area contributed by atoms with Gasteiger partial charge in [0.15, 0.2) is 5.16 Å². The van der Waals surface area contributed by atoms with E-state index in [1.54, 1.807) is 11.3 Å². The fraction of sp³-hybridized carbons (Fsp3) is 0.588. The summed E-state index contributed by atoms with van der Waals surface area (Å²) < 4.78 is 0. The molecule has 3 rings (SSSR count). The maximum atomic E-state index is 12.5. The van der Waals surface area contributed by atoms with E-state index in [9.17, 15) is 9.59 Å². The van der Waals surface area contributed by atoms with Gasteiger partial charge in [-0.1, -0.05) is 32.0 Å². The lowest BCUT2D eigenvalue weighted by Gasteiger charge is -2.08. The van der Waals surface area contributed by atoms with Crippen LogP contribution in [0.2, 0.25) is 0 Å². The van der Waals surface area contributed by atoms with Crippen molar-refractivity contribution in [2.45, 2.75) is 57.7 Å². The highest BCUT2D eigenvalue weighted by molar-refractivity contribution is 7.99. The lowest BCUT2D eigenvalue weighted by atomic mass is 9.98. The number of rotatable bonds is 7. The molecule has 5 nitrogen and oxygen atoms in total. The summed E-state index contributed by atoms with van der Waals surface area (Å²) in [6.07, 6.45) is 4.14. The van der Waals surface area contributed by atoms with Crippen molar-refractivity contribution >= 4 is 39.2 Å². The number of aromatic nitrogens is 2. The molecule has 0 radical (unpaired) electrons. The van der Waals surface area contributed by atoms with Crippen LogP contribution in [0.3, 0.4) is 0 Å². The number of thioether (sulfide) groups is 1. The summed E-state index contributed by atoms with van der Waals surface area (Å²) in [4.78, 5) is 33.7. The van der Waals surface area contributed by atoms with E-state index in [0.717, 1.165) is 46.3 Å². The first kappa shape index (κ1) is 17.5. The van der Waals surface area contributed by atoms with Crippen molar-refractivity contribution in [2.24, 2.45) is 5.92 Å². The van der Waals surface area contributed by atoms with Gasteiger partial charge in [0.1, 0.15) is 4.83 Å². The summed E-state index contributed by atoms with van der Waals surface area (Å²) in [5, 5.41) is 4.19. The lowest BCUT2D eigenvalue weighted by Crippen LogP contribution is -2.27. The van der Waals surface area contributed by atoms with Gasteiger partial charge in [-0.25, -0.2) is 4.98 Å². The van der Waals surface area contributed by atoms with Crippen LogP contribution >= 0.6 is 23.1 Å². The number of nitrogens with one attached hydrogen (secondary N) is 2. The molecule has 0 spiro atoms. The standard InChI is InChI=1S/C17H23N3O2S2/c1-4-9(2)7-12-10(3)24-16-14(12)15(22)19-17(20-16)23-8-13(21)18-11-5-6-11/h9,11H,4-8H2,1-3H3,(H,18,21)(H,19,20,22)/t9-/m1/s1. The van der Waals surface area contributed by atoms with Crippen molar-refractivity contribution in [3.8, 4) is 0 Å². The minimum atomic E-state index is -0.0900. The molecule has 0 bridgehead atoms. The van der Waals surface area contributed by atoms with Gasteiger partial charge in [0.2, 0.25) is 5.91 Å². The van der Waals surface area contributed by atoms with Crippen LogP contribution in [0.1, 0.15) is 43.6 Å². The molecule has 130 valence electrons. The molecule has 1 amide bonds. The quantitative estimate of drug-likeness (QED) is 0.583. The number of thiophene rings is 1. The van der Waals surface area contributed by atoms with Gasteiger partial charge in [-0.05, 0) is 37.7 Å². The molecule has 0 aliphatic heterocycles. The molecule has 24 heavy (non-hydrogen) atoms. The van der Waals surface area contributed by atoms with Crippen molar-refractivity contribution in [1.82, 2.24) is 15.3 Å².